The topological polar surface area (TPSA) is 109 Å². The Bertz CT molecular complexity index is 1630. The van der Waals surface area contributed by atoms with Crippen LogP contribution >= 0.6 is 0 Å². The third-order valence-corrected chi connectivity index (χ3v) is 6.89. The molecule has 6 rings (SSSR count). The van der Waals surface area contributed by atoms with Crippen molar-refractivity contribution in [1.29, 1.82) is 0 Å². The lowest BCUT2D eigenvalue weighted by molar-refractivity contribution is 0.0449. The number of aryl methyl sites for hydroxylation is 1. The molecule has 0 bridgehead atoms. The van der Waals surface area contributed by atoms with E-state index in [4.69, 9.17) is 4.74 Å². The Hall–Kier alpha value is -4.47. The van der Waals surface area contributed by atoms with Crippen LogP contribution in [0.2, 0.25) is 0 Å². The first-order valence-electron chi connectivity index (χ1n) is 13.1. The van der Waals surface area contributed by atoms with Crippen molar-refractivity contribution in [2.24, 2.45) is 0 Å². The molecule has 1 saturated heterocycles. The first-order chi connectivity index (χ1) is 19.1. The van der Waals surface area contributed by atoms with Crippen LogP contribution in [0.25, 0.3) is 44.7 Å². The fourth-order valence-corrected chi connectivity index (χ4v) is 4.83. The van der Waals surface area contributed by atoms with Crippen molar-refractivity contribution in [3.05, 3.63) is 84.7 Å². The number of benzene rings is 1. The molecule has 0 unspecified atom stereocenters. The summed E-state index contributed by atoms with van der Waals surface area (Å²) in [6.45, 7) is 6.90. The largest absolute Gasteiger partial charge is 0.460 e. The Morgan fingerprint density at radius 3 is 2.72 bits per heavy atom. The molecule has 9 nitrogen and oxygen atoms in total. The number of ether oxygens (including phenoxy) is 1. The maximum atomic E-state index is 12.7. The van der Waals surface area contributed by atoms with Crippen LogP contribution in [-0.2, 0) is 4.74 Å². The number of aromatic nitrogens is 5. The minimum atomic E-state index is -0.418. The second-order valence-electron chi connectivity index (χ2n) is 9.58. The van der Waals surface area contributed by atoms with E-state index in [1.54, 1.807) is 18.6 Å². The average Bonchev–Trinajstić information content (AvgIpc) is 3.47. The summed E-state index contributed by atoms with van der Waals surface area (Å²) >= 11 is 0. The van der Waals surface area contributed by atoms with Gasteiger partial charge in [0.25, 0.3) is 0 Å². The lowest BCUT2D eigenvalue weighted by Gasteiger charge is -2.26. The van der Waals surface area contributed by atoms with Crippen molar-refractivity contribution in [3.8, 4) is 33.8 Å². The van der Waals surface area contributed by atoms with Crippen molar-refractivity contribution in [3.63, 3.8) is 0 Å². The number of fused-ring (bicyclic) bond motifs is 1. The SMILES string of the molecule is Cc1cccc(-c2[nH]cnc2-c2ccc3ncc(-c4ccnc(C(=O)OCCN5CCNCC5)c4)cc3c2)n1. The molecule has 1 aliphatic rings. The van der Waals surface area contributed by atoms with Gasteiger partial charge >= 0.3 is 5.97 Å². The molecule has 1 aromatic carbocycles. The molecule has 0 aliphatic carbocycles. The molecule has 1 aliphatic heterocycles. The van der Waals surface area contributed by atoms with Crippen LogP contribution < -0.4 is 5.32 Å². The van der Waals surface area contributed by atoms with Gasteiger partial charge in [0.05, 0.1) is 28.9 Å². The quantitative estimate of drug-likeness (QED) is 0.309. The molecule has 2 N–H and O–H groups in total. The van der Waals surface area contributed by atoms with Gasteiger partial charge in [-0.25, -0.2) is 14.8 Å². The van der Waals surface area contributed by atoms with Gasteiger partial charge in [-0.2, -0.15) is 0 Å². The third kappa shape index (κ3) is 5.55. The van der Waals surface area contributed by atoms with E-state index in [1.165, 1.54) is 0 Å². The number of aromatic amines is 1. The normalized spacial score (nSPS) is 14.0. The van der Waals surface area contributed by atoms with E-state index in [2.05, 4.69) is 47.3 Å². The van der Waals surface area contributed by atoms with Crippen LogP contribution in [0.4, 0.5) is 0 Å². The Kier molecular flexibility index (Phi) is 7.07. The monoisotopic (exact) mass is 519 g/mol. The number of imidazole rings is 1. The predicted molar refractivity (Wildman–Crippen MR) is 150 cm³/mol. The summed E-state index contributed by atoms with van der Waals surface area (Å²) in [6, 6.07) is 17.7. The van der Waals surface area contributed by atoms with Gasteiger partial charge in [-0.1, -0.05) is 12.1 Å². The van der Waals surface area contributed by atoms with Crippen LogP contribution in [0.1, 0.15) is 16.2 Å². The number of nitrogens with one attached hydrogen (secondary N) is 2. The summed E-state index contributed by atoms with van der Waals surface area (Å²) in [5, 5.41) is 4.29. The minimum Gasteiger partial charge on any atom is -0.460 e. The van der Waals surface area contributed by atoms with Crippen molar-refractivity contribution in [2.75, 3.05) is 39.3 Å². The summed E-state index contributed by atoms with van der Waals surface area (Å²) in [5.41, 5.74) is 7.35. The number of piperazine rings is 1. The maximum absolute atomic E-state index is 12.7. The van der Waals surface area contributed by atoms with Crippen LogP contribution in [0.3, 0.4) is 0 Å². The van der Waals surface area contributed by atoms with E-state index in [0.29, 0.717) is 6.61 Å². The molecule has 0 radical (unpaired) electrons. The standard InChI is InChI=1S/C30H29N7O2/c1-20-3-2-4-26(36-20)29-28(34-19-35-29)22-5-6-25-23(15-22)16-24(18-33-25)21-7-8-32-27(17-21)30(38)39-14-13-37-11-9-31-10-12-37/h2-8,15-19,31H,9-14H2,1H3,(H,34,35). The van der Waals surface area contributed by atoms with Crippen LogP contribution in [0.5, 0.6) is 0 Å². The number of esters is 1. The fraction of sp³-hybridized carbons (Fsp3) is 0.233. The van der Waals surface area contributed by atoms with E-state index in [0.717, 1.165) is 83.1 Å². The lowest BCUT2D eigenvalue weighted by Crippen LogP contribution is -2.44. The van der Waals surface area contributed by atoms with E-state index >= 15 is 0 Å². The molecule has 1 fully saturated rings. The van der Waals surface area contributed by atoms with Gasteiger partial charge < -0.3 is 15.0 Å². The van der Waals surface area contributed by atoms with E-state index in [-0.39, 0.29) is 5.69 Å². The van der Waals surface area contributed by atoms with Gasteiger partial charge in [0.1, 0.15) is 12.3 Å². The average molecular weight is 520 g/mol. The number of nitrogens with zero attached hydrogens (tertiary/aromatic N) is 5. The van der Waals surface area contributed by atoms with Gasteiger partial charge in [-0.05, 0) is 55.0 Å². The molecule has 4 aromatic heterocycles. The van der Waals surface area contributed by atoms with E-state index < -0.39 is 5.97 Å². The van der Waals surface area contributed by atoms with Gasteiger partial charge in [0.2, 0.25) is 0 Å². The summed E-state index contributed by atoms with van der Waals surface area (Å²) < 4.78 is 5.51. The highest BCUT2D eigenvalue weighted by molar-refractivity contribution is 5.91. The first-order valence-corrected chi connectivity index (χ1v) is 13.1. The molecule has 0 amide bonds. The summed E-state index contributed by atoms with van der Waals surface area (Å²) in [5.74, 6) is -0.418. The lowest BCUT2D eigenvalue weighted by atomic mass is 10.0. The highest BCUT2D eigenvalue weighted by Crippen LogP contribution is 2.31. The zero-order chi connectivity index (χ0) is 26.6. The van der Waals surface area contributed by atoms with Crippen LogP contribution in [0, 0.1) is 6.92 Å². The van der Waals surface area contributed by atoms with Crippen LogP contribution in [0.15, 0.2) is 73.3 Å². The fourth-order valence-electron chi connectivity index (χ4n) is 4.83. The summed E-state index contributed by atoms with van der Waals surface area (Å²) in [6.07, 6.45) is 5.13. The zero-order valence-electron chi connectivity index (χ0n) is 21.7. The number of rotatable bonds is 7. The number of carbonyl (C=O) groups is 1. The zero-order valence-corrected chi connectivity index (χ0v) is 21.7. The minimum absolute atomic E-state index is 0.286. The highest BCUT2D eigenvalue weighted by Gasteiger charge is 2.15. The molecule has 9 heteroatoms. The van der Waals surface area contributed by atoms with Crippen LogP contribution in [-0.4, -0.2) is 75.1 Å². The Morgan fingerprint density at radius 1 is 0.974 bits per heavy atom. The number of carbonyl (C=O) groups excluding carboxylic acids is 1. The van der Waals surface area contributed by atoms with Crippen molar-refractivity contribution >= 4 is 16.9 Å². The molecular formula is C30H29N7O2. The second kappa shape index (κ2) is 11.1. The number of pyridine rings is 3. The molecular weight excluding hydrogens is 490 g/mol. The van der Waals surface area contributed by atoms with Gasteiger partial charge in [-0.3, -0.25) is 14.9 Å². The summed E-state index contributed by atoms with van der Waals surface area (Å²) in [7, 11) is 0. The van der Waals surface area contributed by atoms with Crippen molar-refractivity contribution < 1.29 is 9.53 Å². The van der Waals surface area contributed by atoms with Gasteiger partial charge in [0, 0.05) is 67.3 Å². The smallest absolute Gasteiger partial charge is 0.356 e. The second-order valence-corrected chi connectivity index (χ2v) is 9.58. The first kappa shape index (κ1) is 24.8. The van der Waals surface area contributed by atoms with Crippen molar-refractivity contribution in [2.45, 2.75) is 6.92 Å². The Balaban J connectivity index is 1.23. The molecule has 0 atom stereocenters. The predicted octanol–water partition coefficient (Wildman–Crippen LogP) is 4.12. The van der Waals surface area contributed by atoms with E-state index in [1.807, 2.05) is 49.5 Å². The van der Waals surface area contributed by atoms with Crippen molar-refractivity contribution in [1.82, 2.24) is 35.1 Å². The summed E-state index contributed by atoms with van der Waals surface area (Å²) in [4.78, 5) is 36.3. The molecule has 0 saturated carbocycles. The Morgan fingerprint density at radius 2 is 1.85 bits per heavy atom. The van der Waals surface area contributed by atoms with E-state index in [9.17, 15) is 4.79 Å². The molecule has 0 spiro atoms. The number of H-pyrrole nitrogens is 1. The molecule has 196 valence electrons. The van der Waals surface area contributed by atoms with Gasteiger partial charge in [-0.15, -0.1) is 0 Å². The van der Waals surface area contributed by atoms with Gasteiger partial charge in [0.15, 0.2) is 0 Å². The molecule has 39 heavy (non-hydrogen) atoms. The number of hydrogen-bond acceptors (Lipinski definition) is 8. The highest BCUT2D eigenvalue weighted by atomic mass is 16.5. The maximum Gasteiger partial charge on any atom is 0.356 e. The molecule has 5 aromatic rings. The molecule has 5 heterocycles. The third-order valence-electron chi connectivity index (χ3n) is 6.89. The number of hydrogen-bond donors (Lipinski definition) is 2. The Labute approximate surface area is 226 Å².